The molecule has 3 rings (SSSR count). The third-order valence-corrected chi connectivity index (χ3v) is 3.77. The van der Waals surface area contributed by atoms with Crippen LogP contribution < -0.4 is 11.4 Å². The molecule has 0 saturated carbocycles. The summed E-state index contributed by atoms with van der Waals surface area (Å²) in [5.41, 5.74) is 4.76. The van der Waals surface area contributed by atoms with Gasteiger partial charge in [-0.2, -0.15) is 4.98 Å². The van der Waals surface area contributed by atoms with E-state index in [-0.39, 0.29) is 12.4 Å². The molecule has 19 heavy (non-hydrogen) atoms. The number of nitrogens with two attached hydrogens (primary N) is 1. The molecule has 2 bridgehead atoms. The maximum Gasteiger partial charge on any atom is 0.698 e. The summed E-state index contributed by atoms with van der Waals surface area (Å²) in [6, 6.07) is 1.42. The van der Waals surface area contributed by atoms with Crippen LogP contribution in [0.4, 0.5) is 5.82 Å². The lowest BCUT2D eigenvalue weighted by atomic mass is 10.1. The normalized spacial score (nSPS) is 36.2. The molecule has 3 N–H and O–H groups in total. The number of aliphatic hydroxyl groups excluding tert-OH is 1. The van der Waals surface area contributed by atoms with E-state index in [4.69, 9.17) is 19.5 Å². The maximum absolute atomic E-state index is 11.7. The number of fused-ring (bicyclic) bond motifs is 2. The maximum atomic E-state index is 11.7. The van der Waals surface area contributed by atoms with Gasteiger partial charge in [0.2, 0.25) is 0 Å². The van der Waals surface area contributed by atoms with Gasteiger partial charge < -0.3 is 15.6 Å². The predicted molar refractivity (Wildman–Crippen MR) is 61.3 cm³/mol. The minimum atomic E-state index is -2.34. The number of hydrogen-bond donors (Lipinski definition) is 2. The smallest absolute Gasteiger partial charge is 0.387 e. The second-order valence-corrected chi connectivity index (χ2v) is 5.10. The monoisotopic (exact) mass is 288 g/mol. The van der Waals surface area contributed by atoms with Gasteiger partial charge >= 0.3 is 13.9 Å². The highest BCUT2D eigenvalue weighted by Crippen LogP contribution is 2.42. The first-order valence-electron chi connectivity index (χ1n) is 5.51. The molecule has 2 fully saturated rings. The Bertz CT molecular complexity index is 577. The summed E-state index contributed by atoms with van der Waals surface area (Å²) >= 11 is 0. The number of nitrogens with zero attached hydrogens (tertiary/aromatic N) is 2. The molecule has 10 heteroatoms. The molecule has 3 heterocycles. The van der Waals surface area contributed by atoms with Crippen LogP contribution in [0.2, 0.25) is 0 Å². The molecule has 0 aromatic carbocycles. The van der Waals surface area contributed by atoms with E-state index >= 15 is 0 Å². The molecule has 2 unspecified atom stereocenters. The molecule has 0 aliphatic carbocycles. The summed E-state index contributed by atoms with van der Waals surface area (Å²) in [7, 11) is -2.34. The molecule has 102 valence electrons. The van der Waals surface area contributed by atoms with E-state index in [9.17, 15) is 14.5 Å². The number of aromatic nitrogens is 2. The Morgan fingerprint density at radius 3 is 3.11 bits per heavy atom. The molecule has 2 aliphatic rings. The highest BCUT2D eigenvalue weighted by atomic mass is 31.1. The van der Waals surface area contributed by atoms with E-state index in [2.05, 4.69) is 4.98 Å². The van der Waals surface area contributed by atoms with Crippen LogP contribution in [-0.4, -0.2) is 39.6 Å². The average Bonchev–Trinajstić information content (AvgIpc) is 2.55. The van der Waals surface area contributed by atoms with Crippen LogP contribution in [0.1, 0.15) is 6.23 Å². The van der Waals surface area contributed by atoms with Crippen molar-refractivity contribution in [2.24, 2.45) is 0 Å². The largest absolute Gasteiger partial charge is 0.698 e. The first-order valence-corrected chi connectivity index (χ1v) is 6.61. The number of nitrogen functional groups attached to an aromatic ring is 1. The van der Waals surface area contributed by atoms with Crippen LogP contribution in [0.15, 0.2) is 17.1 Å². The van der Waals surface area contributed by atoms with Crippen molar-refractivity contribution in [1.29, 1.82) is 0 Å². The topological polar surface area (TPSA) is 126 Å². The van der Waals surface area contributed by atoms with Gasteiger partial charge in [0.05, 0.1) is 0 Å². The van der Waals surface area contributed by atoms with Gasteiger partial charge in [-0.25, -0.2) is 4.79 Å². The standard InChI is InChI=1S/C9H10N3O6P/c10-5-1-2-12(9(14)11-5)8-7-6(13)4(17-8)3-16-19(15)18-7/h1-2,4,6-8,13H,3H2,(H-,10,11,14)/p+1/t4?,6-,7+,8-/m1/s1. The summed E-state index contributed by atoms with van der Waals surface area (Å²) in [5.74, 6) is 0.0790. The molecular formula is C9H11N3O6P+. The highest BCUT2D eigenvalue weighted by Gasteiger charge is 2.54. The van der Waals surface area contributed by atoms with Gasteiger partial charge in [0, 0.05) is 10.8 Å². The highest BCUT2D eigenvalue weighted by molar-refractivity contribution is 7.33. The summed E-state index contributed by atoms with van der Waals surface area (Å²) in [5, 5.41) is 9.96. The van der Waals surface area contributed by atoms with Crippen LogP contribution in [0, 0.1) is 0 Å². The third kappa shape index (κ3) is 2.15. The van der Waals surface area contributed by atoms with Crippen molar-refractivity contribution in [3.05, 3.63) is 22.7 Å². The Labute approximate surface area is 107 Å². The predicted octanol–water partition coefficient (Wildman–Crippen LogP) is -0.843. The molecule has 0 amide bonds. The van der Waals surface area contributed by atoms with Crippen molar-refractivity contribution in [3.8, 4) is 0 Å². The van der Waals surface area contributed by atoms with E-state index in [1.54, 1.807) is 0 Å². The molecule has 1 aromatic rings. The van der Waals surface area contributed by atoms with Crippen molar-refractivity contribution >= 4 is 14.1 Å². The number of hydrogen-bond acceptors (Lipinski definition) is 8. The van der Waals surface area contributed by atoms with E-state index in [1.165, 1.54) is 12.3 Å². The first-order chi connectivity index (χ1) is 9.06. The Morgan fingerprint density at radius 2 is 2.37 bits per heavy atom. The second-order valence-electron chi connectivity index (χ2n) is 4.19. The molecule has 2 saturated heterocycles. The fourth-order valence-corrected chi connectivity index (χ4v) is 2.83. The molecule has 1 aromatic heterocycles. The number of rotatable bonds is 1. The van der Waals surface area contributed by atoms with Gasteiger partial charge in [-0.1, -0.05) is 0 Å². The van der Waals surface area contributed by atoms with Gasteiger partial charge in [0.1, 0.15) is 24.6 Å². The lowest BCUT2D eigenvalue weighted by Gasteiger charge is -2.17. The minimum Gasteiger partial charge on any atom is -0.387 e. The van der Waals surface area contributed by atoms with Gasteiger partial charge in [-0.05, 0) is 6.07 Å². The molecule has 2 aliphatic heterocycles. The van der Waals surface area contributed by atoms with Crippen LogP contribution in [0.5, 0.6) is 0 Å². The molecular weight excluding hydrogens is 277 g/mol. The Hall–Kier alpha value is -1.38. The van der Waals surface area contributed by atoms with Crippen molar-refractivity contribution in [2.45, 2.75) is 24.5 Å². The molecule has 9 nitrogen and oxygen atoms in total. The van der Waals surface area contributed by atoms with Crippen LogP contribution in [-0.2, 0) is 18.3 Å². The van der Waals surface area contributed by atoms with Crippen molar-refractivity contribution < 1.29 is 23.5 Å². The Kier molecular flexibility index (Phi) is 3.08. The molecule has 0 radical (unpaired) electrons. The van der Waals surface area contributed by atoms with Crippen LogP contribution >= 0.6 is 8.25 Å². The summed E-state index contributed by atoms with van der Waals surface area (Å²) < 4.78 is 27.9. The van der Waals surface area contributed by atoms with E-state index in [0.717, 1.165) is 4.57 Å². The second kappa shape index (κ2) is 4.62. The van der Waals surface area contributed by atoms with Crippen molar-refractivity contribution in [1.82, 2.24) is 9.55 Å². The van der Waals surface area contributed by atoms with Gasteiger partial charge in [0.15, 0.2) is 12.3 Å². The van der Waals surface area contributed by atoms with Crippen molar-refractivity contribution in [2.75, 3.05) is 12.3 Å². The SMILES string of the molecule is Nc1ccn([C@@H]2OC3CO[P+](=O)O[C@H]2[C@@H]3O)c(=O)n1. The van der Waals surface area contributed by atoms with Crippen LogP contribution in [0.3, 0.4) is 0 Å². The summed E-state index contributed by atoms with van der Waals surface area (Å²) in [4.78, 5) is 15.3. The zero-order valence-electron chi connectivity index (χ0n) is 9.58. The number of aliphatic hydroxyl groups is 1. The fraction of sp³-hybridized carbons (Fsp3) is 0.556. The van der Waals surface area contributed by atoms with Gasteiger partial charge in [-0.15, -0.1) is 9.05 Å². The first kappa shape index (κ1) is 12.6. The summed E-state index contributed by atoms with van der Waals surface area (Å²) in [6.07, 6.45) is -2.23. The van der Waals surface area contributed by atoms with Crippen LogP contribution in [0.25, 0.3) is 0 Å². The zero-order valence-corrected chi connectivity index (χ0v) is 10.5. The van der Waals surface area contributed by atoms with Gasteiger partial charge in [-0.3, -0.25) is 4.57 Å². The minimum absolute atomic E-state index is 0.0689. The quantitative estimate of drug-likeness (QED) is 0.640. The third-order valence-electron chi connectivity index (χ3n) is 2.99. The number of ether oxygens (including phenoxy) is 1. The lowest BCUT2D eigenvalue weighted by molar-refractivity contribution is -0.0613. The van der Waals surface area contributed by atoms with Gasteiger partial charge in [0.25, 0.3) is 0 Å². The molecule has 5 atom stereocenters. The number of anilines is 1. The Balaban J connectivity index is 1.97. The van der Waals surface area contributed by atoms with E-state index in [1.807, 2.05) is 0 Å². The molecule has 0 spiro atoms. The van der Waals surface area contributed by atoms with E-state index < -0.39 is 38.5 Å². The van der Waals surface area contributed by atoms with E-state index in [0.29, 0.717) is 0 Å². The average molecular weight is 288 g/mol. The summed E-state index contributed by atoms with van der Waals surface area (Å²) in [6.45, 7) is -0.0689. The fourth-order valence-electron chi connectivity index (χ4n) is 2.08. The Morgan fingerprint density at radius 1 is 1.58 bits per heavy atom. The van der Waals surface area contributed by atoms with Crippen molar-refractivity contribution in [3.63, 3.8) is 0 Å². The zero-order chi connectivity index (χ0) is 13.6. The lowest BCUT2D eigenvalue weighted by Crippen LogP contribution is -2.36.